The zero-order valence-corrected chi connectivity index (χ0v) is 19.9. The number of amides is 1. The molecule has 35 heavy (non-hydrogen) atoms. The van der Waals surface area contributed by atoms with Gasteiger partial charge in [0.05, 0.1) is 16.2 Å². The summed E-state index contributed by atoms with van der Waals surface area (Å²) in [5.74, 6) is 0.673. The Labute approximate surface area is 207 Å². The second-order valence-electron chi connectivity index (χ2n) is 8.41. The Morgan fingerprint density at radius 2 is 1.91 bits per heavy atom. The van der Waals surface area contributed by atoms with Crippen LogP contribution in [0, 0.1) is 0 Å². The number of benzene rings is 2. The molecule has 1 aliphatic rings. The van der Waals surface area contributed by atoms with Crippen molar-refractivity contribution < 1.29 is 9.90 Å². The van der Waals surface area contributed by atoms with Crippen LogP contribution in [0.5, 0.6) is 0 Å². The van der Waals surface area contributed by atoms with E-state index in [0.717, 1.165) is 60.2 Å². The minimum atomic E-state index is -0.623. The quantitative estimate of drug-likeness (QED) is 0.399. The van der Waals surface area contributed by atoms with Gasteiger partial charge in [-0.25, -0.2) is 15.0 Å². The molecule has 0 unspecified atom stereocenters. The van der Waals surface area contributed by atoms with E-state index >= 15 is 0 Å². The van der Waals surface area contributed by atoms with Gasteiger partial charge in [0.15, 0.2) is 0 Å². The van der Waals surface area contributed by atoms with Crippen molar-refractivity contribution in [1.29, 1.82) is 0 Å². The molecule has 2 aromatic heterocycles. The predicted octanol–water partition coefficient (Wildman–Crippen LogP) is 3.74. The van der Waals surface area contributed by atoms with Gasteiger partial charge in [0.2, 0.25) is 0 Å². The third-order valence-electron chi connectivity index (χ3n) is 6.17. The van der Waals surface area contributed by atoms with E-state index in [0.29, 0.717) is 22.1 Å². The Morgan fingerprint density at radius 1 is 1.11 bits per heavy atom. The minimum Gasteiger partial charge on any atom is -0.387 e. The lowest BCUT2D eigenvalue weighted by molar-refractivity contribution is -0.118. The van der Waals surface area contributed by atoms with Crippen molar-refractivity contribution in [2.75, 3.05) is 49.5 Å². The molecule has 0 aliphatic carbocycles. The summed E-state index contributed by atoms with van der Waals surface area (Å²) in [6.07, 6.45) is 3.51. The third kappa shape index (κ3) is 4.68. The number of fused-ring (bicyclic) bond motifs is 2. The van der Waals surface area contributed by atoms with Gasteiger partial charge in [-0.05, 0) is 23.6 Å². The van der Waals surface area contributed by atoms with Crippen molar-refractivity contribution >= 4 is 50.8 Å². The molecule has 8 nitrogen and oxygen atoms in total. The van der Waals surface area contributed by atoms with Gasteiger partial charge in [0, 0.05) is 49.1 Å². The fraction of sp³-hybridized carbons (Fsp3) is 0.231. The van der Waals surface area contributed by atoms with E-state index in [2.05, 4.69) is 36.6 Å². The Morgan fingerprint density at radius 3 is 2.69 bits per heavy atom. The van der Waals surface area contributed by atoms with Gasteiger partial charge in [-0.1, -0.05) is 41.9 Å². The SMILES string of the molecule is C=CCN1CCN(c2ncnc3cc(-c4nc(NC(=O)CO)cc5ccccc45)c(Cl)cc23)CC1. The van der Waals surface area contributed by atoms with Crippen LogP contribution in [0.2, 0.25) is 5.02 Å². The molecule has 1 amide bonds. The highest BCUT2D eigenvalue weighted by molar-refractivity contribution is 6.34. The number of anilines is 2. The lowest BCUT2D eigenvalue weighted by Crippen LogP contribution is -2.46. The topological polar surface area (TPSA) is 94.5 Å². The van der Waals surface area contributed by atoms with Gasteiger partial charge >= 0.3 is 0 Å². The number of hydrogen-bond donors (Lipinski definition) is 2. The Balaban J connectivity index is 1.58. The second kappa shape index (κ2) is 9.95. The fourth-order valence-corrected chi connectivity index (χ4v) is 4.72. The van der Waals surface area contributed by atoms with E-state index in [4.69, 9.17) is 16.7 Å². The number of carbonyl (C=O) groups is 1. The molecule has 0 spiro atoms. The summed E-state index contributed by atoms with van der Waals surface area (Å²) in [4.78, 5) is 30.2. The molecule has 9 heteroatoms. The van der Waals surface area contributed by atoms with Gasteiger partial charge in [-0.2, -0.15) is 0 Å². The number of carbonyl (C=O) groups excluding carboxylic acids is 1. The van der Waals surface area contributed by atoms with E-state index in [1.807, 2.05) is 42.5 Å². The van der Waals surface area contributed by atoms with Crippen molar-refractivity contribution in [3.63, 3.8) is 0 Å². The maximum atomic E-state index is 11.8. The molecule has 0 atom stereocenters. The summed E-state index contributed by atoms with van der Waals surface area (Å²) in [7, 11) is 0. The van der Waals surface area contributed by atoms with E-state index in [1.54, 1.807) is 12.4 Å². The van der Waals surface area contributed by atoms with Crippen LogP contribution < -0.4 is 10.2 Å². The van der Waals surface area contributed by atoms with Crippen LogP contribution in [0.25, 0.3) is 32.9 Å². The van der Waals surface area contributed by atoms with Gasteiger partial charge in [0.1, 0.15) is 24.6 Å². The van der Waals surface area contributed by atoms with Crippen LogP contribution in [0.3, 0.4) is 0 Å². The number of aliphatic hydroxyl groups excluding tert-OH is 1. The standard InChI is InChI=1S/C26H25ClN6O2/c1-2-7-32-8-10-33(11-9-32)26-20-13-21(27)19(14-22(20)28-16-29-26)25-18-6-4-3-5-17(18)12-23(31-25)30-24(35)15-34/h2-6,12-14,16,34H,1,7-11,15H2,(H,30,31,35). The molecule has 1 aliphatic heterocycles. The molecule has 2 N–H and O–H groups in total. The van der Waals surface area contributed by atoms with Gasteiger partial charge in [-0.3, -0.25) is 9.69 Å². The summed E-state index contributed by atoms with van der Waals surface area (Å²) in [6, 6.07) is 13.3. The molecule has 5 rings (SSSR count). The molecule has 3 heterocycles. The number of pyridine rings is 1. The third-order valence-corrected chi connectivity index (χ3v) is 6.48. The first kappa shape index (κ1) is 23.2. The number of piperazine rings is 1. The van der Waals surface area contributed by atoms with Crippen LogP contribution in [0.1, 0.15) is 0 Å². The number of aromatic nitrogens is 3. The highest BCUT2D eigenvalue weighted by Gasteiger charge is 2.21. The fourth-order valence-electron chi connectivity index (χ4n) is 4.47. The maximum Gasteiger partial charge on any atom is 0.251 e. The molecule has 4 aromatic rings. The number of halogens is 1. The molecule has 2 aromatic carbocycles. The first-order valence-electron chi connectivity index (χ1n) is 11.4. The zero-order chi connectivity index (χ0) is 24.4. The zero-order valence-electron chi connectivity index (χ0n) is 19.1. The molecule has 178 valence electrons. The molecule has 1 saturated heterocycles. The normalized spacial score (nSPS) is 14.4. The summed E-state index contributed by atoms with van der Waals surface area (Å²) >= 11 is 6.84. The predicted molar refractivity (Wildman–Crippen MR) is 140 cm³/mol. The van der Waals surface area contributed by atoms with Crippen LogP contribution in [-0.2, 0) is 4.79 Å². The van der Waals surface area contributed by atoms with Gasteiger partial charge in [-0.15, -0.1) is 6.58 Å². The molecule has 0 bridgehead atoms. The van der Waals surface area contributed by atoms with Crippen LogP contribution in [0.15, 0.2) is 61.4 Å². The average molecular weight is 489 g/mol. The van der Waals surface area contributed by atoms with Crippen LogP contribution >= 0.6 is 11.6 Å². The molecule has 0 radical (unpaired) electrons. The average Bonchev–Trinajstić information content (AvgIpc) is 2.88. The first-order chi connectivity index (χ1) is 17.1. The number of hydrogen-bond acceptors (Lipinski definition) is 7. The van der Waals surface area contributed by atoms with Crippen LogP contribution in [-0.4, -0.2) is 70.2 Å². The maximum absolute atomic E-state index is 11.8. The highest BCUT2D eigenvalue weighted by Crippen LogP contribution is 2.37. The Bertz CT molecular complexity index is 1420. The number of aliphatic hydroxyl groups is 1. The number of rotatable bonds is 6. The molecular weight excluding hydrogens is 464 g/mol. The van der Waals surface area contributed by atoms with Gasteiger partial charge in [0.25, 0.3) is 5.91 Å². The summed E-state index contributed by atoms with van der Waals surface area (Å²) in [6.45, 7) is 7.68. The monoisotopic (exact) mass is 488 g/mol. The number of nitrogens with one attached hydrogen (secondary N) is 1. The molecular formula is C26H25ClN6O2. The molecule has 0 saturated carbocycles. The summed E-state index contributed by atoms with van der Waals surface area (Å²) < 4.78 is 0. The minimum absolute atomic E-state index is 0.342. The van der Waals surface area contributed by atoms with E-state index in [1.165, 1.54) is 0 Å². The van der Waals surface area contributed by atoms with Crippen molar-refractivity contribution in [2.24, 2.45) is 0 Å². The lowest BCUT2D eigenvalue weighted by atomic mass is 10.0. The first-order valence-corrected chi connectivity index (χ1v) is 11.8. The Hall–Kier alpha value is -3.59. The second-order valence-corrected chi connectivity index (χ2v) is 8.81. The number of nitrogens with zero attached hydrogens (tertiary/aromatic N) is 5. The lowest BCUT2D eigenvalue weighted by Gasteiger charge is -2.35. The van der Waals surface area contributed by atoms with E-state index in [-0.39, 0.29) is 0 Å². The van der Waals surface area contributed by atoms with Crippen molar-refractivity contribution in [2.45, 2.75) is 0 Å². The van der Waals surface area contributed by atoms with Crippen molar-refractivity contribution in [3.05, 3.63) is 66.5 Å². The van der Waals surface area contributed by atoms with Crippen molar-refractivity contribution in [3.8, 4) is 11.3 Å². The largest absolute Gasteiger partial charge is 0.387 e. The highest BCUT2D eigenvalue weighted by atomic mass is 35.5. The summed E-state index contributed by atoms with van der Waals surface area (Å²) in [5, 5.41) is 15.0. The van der Waals surface area contributed by atoms with Crippen molar-refractivity contribution in [1.82, 2.24) is 19.9 Å². The smallest absolute Gasteiger partial charge is 0.251 e. The Kier molecular flexibility index (Phi) is 6.59. The van der Waals surface area contributed by atoms with Gasteiger partial charge < -0.3 is 15.3 Å². The van der Waals surface area contributed by atoms with Crippen LogP contribution in [0.4, 0.5) is 11.6 Å². The summed E-state index contributed by atoms with van der Waals surface area (Å²) in [5.41, 5.74) is 2.09. The van der Waals surface area contributed by atoms with E-state index in [9.17, 15) is 4.79 Å². The molecule has 1 fully saturated rings. The van der Waals surface area contributed by atoms with E-state index < -0.39 is 12.5 Å².